The molecule has 0 spiro atoms. The van der Waals surface area contributed by atoms with Crippen molar-refractivity contribution < 1.29 is 48.9 Å². The Morgan fingerprint density at radius 2 is 1.23 bits per heavy atom. The van der Waals surface area contributed by atoms with E-state index in [2.05, 4.69) is 36.9 Å². The van der Waals surface area contributed by atoms with Crippen molar-refractivity contribution in [2.75, 3.05) is 19.7 Å². The molecule has 0 aromatic rings. The normalized spacial score (nSPS) is 15.9. The van der Waals surface area contributed by atoms with Crippen LogP contribution in [0.3, 0.4) is 0 Å². The number of amides is 6. The van der Waals surface area contributed by atoms with E-state index in [1.165, 1.54) is 13.8 Å². The second-order valence-corrected chi connectivity index (χ2v) is 10.9. The molecule has 47 heavy (non-hydrogen) atoms. The summed E-state index contributed by atoms with van der Waals surface area (Å²) in [6, 6.07) is -8.08. The first-order valence-corrected chi connectivity index (χ1v) is 15.0. The van der Waals surface area contributed by atoms with Crippen molar-refractivity contribution in [1.82, 2.24) is 31.9 Å². The summed E-state index contributed by atoms with van der Waals surface area (Å²) in [6.07, 6.45) is -0.897. The molecule has 0 aliphatic rings. The number of carboxylic acids is 1. The van der Waals surface area contributed by atoms with Crippen LogP contribution in [0.1, 0.15) is 53.9 Å². The third kappa shape index (κ3) is 15.5. The van der Waals surface area contributed by atoms with E-state index in [9.17, 15) is 48.9 Å². The zero-order valence-electron chi connectivity index (χ0n) is 27.2. The van der Waals surface area contributed by atoms with Crippen LogP contribution in [-0.2, 0) is 33.6 Å². The smallest absolute Gasteiger partial charge is 0.328 e. The number of carbonyl (C=O) groups excluding carboxylic acids is 6. The Kier molecular flexibility index (Phi) is 19.2. The van der Waals surface area contributed by atoms with Crippen molar-refractivity contribution in [2.45, 2.75) is 96.2 Å². The van der Waals surface area contributed by atoms with Gasteiger partial charge in [0, 0.05) is 6.54 Å². The Balaban J connectivity index is 5.91. The standard InChI is InChI=1S/C27H50N10O10/c1-6-12(2)19(36-24(44)17(11-38)35-21(41)13(3)32-18(40)10-28)25(45)34-16(8-7-9-31-27(29)30)23(43)33-14(4)22(42)37-20(15(5)39)26(46)47/h12-17,19-20,38-39H,6-11,28H2,1-5H3,(H,32,40)(H,33,43)(H,34,45)(H,35,41)(H,36,44)(H,37,42)(H,46,47)(H4,29,30,31)/t12-,13-,14-,15+,16-,17-,19-,20-/m0/s1. The maximum Gasteiger partial charge on any atom is 0.328 e. The quantitative estimate of drug-likeness (QED) is 0.0307. The van der Waals surface area contributed by atoms with Crippen LogP contribution in [0.15, 0.2) is 4.99 Å². The summed E-state index contributed by atoms with van der Waals surface area (Å²) in [6.45, 7) is 6.01. The van der Waals surface area contributed by atoms with Gasteiger partial charge in [-0.25, -0.2) is 4.79 Å². The molecule has 0 aliphatic heterocycles. The second kappa shape index (κ2) is 21.3. The zero-order chi connectivity index (χ0) is 36.4. The van der Waals surface area contributed by atoms with Crippen molar-refractivity contribution in [3.8, 4) is 0 Å². The number of nitrogens with two attached hydrogens (primary N) is 3. The van der Waals surface area contributed by atoms with Gasteiger partial charge < -0.3 is 64.4 Å². The fourth-order valence-corrected chi connectivity index (χ4v) is 3.89. The van der Waals surface area contributed by atoms with Gasteiger partial charge in [-0.2, -0.15) is 0 Å². The van der Waals surface area contributed by atoms with E-state index >= 15 is 0 Å². The van der Waals surface area contributed by atoms with E-state index in [1.54, 1.807) is 13.8 Å². The van der Waals surface area contributed by atoms with Crippen LogP contribution in [0.25, 0.3) is 0 Å². The molecule has 0 aromatic carbocycles. The number of aliphatic imine (C=N–C) groups is 1. The lowest BCUT2D eigenvalue weighted by Gasteiger charge is -2.28. The highest BCUT2D eigenvalue weighted by Crippen LogP contribution is 2.10. The number of aliphatic hydroxyl groups is 2. The molecular formula is C27H50N10O10. The number of nitrogens with one attached hydrogen (secondary N) is 6. The molecule has 0 saturated carbocycles. The van der Waals surface area contributed by atoms with Gasteiger partial charge in [-0.15, -0.1) is 0 Å². The summed E-state index contributed by atoms with van der Waals surface area (Å²) < 4.78 is 0. The van der Waals surface area contributed by atoms with Crippen molar-refractivity contribution in [2.24, 2.45) is 28.1 Å². The second-order valence-electron chi connectivity index (χ2n) is 10.9. The molecule has 0 aromatic heterocycles. The average Bonchev–Trinajstić information content (AvgIpc) is 3.00. The van der Waals surface area contributed by atoms with E-state index in [-0.39, 0.29) is 31.9 Å². The van der Waals surface area contributed by atoms with Crippen LogP contribution in [-0.4, -0.2) is 125 Å². The van der Waals surface area contributed by atoms with Gasteiger partial charge in [0.05, 0.1) is 19.3 Å². The maximum atomic E-state index is 13.5. The monoisotopic (exact) mass is 674 g/mol. The van der Waals surface area contributed by atoms with Gasteiger partial charge in [-0.05, 0) is 39.5 Å². The Morgan fingerprint density at radius 3 is 1.72 bits per heavy atom. The van der Waals surface area contributed by atoms with Gasteiger partial charge in [-0.1, -0.05) is 20.3 Å². The Labute approximate surface area is 272 Å². The highest BCUT2D eigenvalue weighted by molar-refractivity contribution is 5.96. The number of carbonyl (C=O) groups is 7. The van der Waals surface area contributed by atoms with Gasteiger partial charge in [-0.3, -0.25) is 33.8 Å². The lowest BCUT2D eigenvalue weighted by atomic mass is 9.97. The molecule has 20 heteroatoms. The summed E-state index contributed by atoms with van der Waals surface area (Å²) in [4.78, 5) is 91.4. The number of aliphatic carboxylic acids is 1. The fraction of sp³-hybridized carbons (Fsp3) is 0.704. The Bertz CT molecular complexity index is 1130. The van der Waals surface area contributed by atoms with E-state index in [1.807, 2.05) is 0 Å². The van der Waals surface area contributed by atoms with Crippen LogP contribution in [0.2, 0.25) is 0 Å². The minimum atomic E-state index is -1.64. The molecule has 0 saturated heterocycles. The van der Waals surface area contributed by atoms with Crippen molar-refractivity contribution in [1.29, 1.82) is 0 Å². The first-order valence-electron chi connectivity index (χ1n) is 15.0. The molecule has 0 unspecified atom stereocenters. The average molecular weight is 675 g/mol. The number of hydrogen-bond donors (Lipinski definition) is 12. The van der Waals surface area contributed by atoms with E-state index in [0.29, 0.717) is 6.42 Å². The summed E-state index contributed by atoms with van der Waals surface area (Å²) in [5.41, 5.74) is 15.9. The number of hydrogen-bond acceptors (Lipinski definition) is 11. The summed E-state index contributed by atoms with van der Waals surface area (Å²) in [5.74, 6) is -7.12. The van der Waals surface area contributed by atoms with Gasteiger partial charge in [0.1, 0.15) is 30.2 Å². The Hall–Kier alpha value is -4.56. The van der Waals surface area contributed by atoms with Crippen molar-refractivity contribution in [3.05, 3.63) is 0 Å². The summed E-state index contributed by atoms with van der Waals surface area (Å²) in [7, 11) is 0. The van der Waals surface area contributed by atoms with Crippen LogP contribution in [0.5, 0.6) is 0 Å². The molecule has 268 valence electrons. The summed E-state index contributed by atoms with van der Waals surface area (Å²) >= 11 is 0. The van der Waals surface area contributed by atoms with Crippen LogP contribution in [0, 0.1) is 5.92 Å². The van der Waals surface area contributed by atoms with Crippen LogP contribution in [0.4, 0.5) is 0 Å². The van der Waals surface area contributed by atoms with Gasteiger partial charge >= 0.3 is 5.97 Å². The predicted octanol–water partition coefficient (Wildman–Crippen LogP) is -5.55. The third-order valence-electron chi connectivity index (χ3n) is 6.94. The van der Waals surface area contributed by atoms with E-state index in [4.69, 9.17) is 17.2 Å². The molecule has 0 fully saturated rings. The molecule has 0 radical (unpaired) electrons. The molecule has 0 bridgehead atoms. The molecule has 15 N–H and O–H groups in total. The van der Waals surface area contributed by atoms with Gasteiger partial charge in [0.2, 0.25) is 35.4 Å². The number of nitrogens with zero attached hydrogens (tertiary/aromatic N) is 1. The lowest BCUT2D eigenvalue weighted by Crippen LogP contribution is -2.61. The lowest BCUT2D eigenvalue weighted by molar-refractivity contribution is -0.145. The van der Waals surface area contributed by atoms with E-state index < -0.39 is 96.3 Å². The number of carboxylic acid groups (broad SMARTS) is 1. The minimum Gasteiger partial charge on any atom is -0.480 e. The van der Waals surface area contributed by atoms with Crippen molar-refractivity contribution in [3.63, 3.8) is 0 Å². The SMILES string of the molecule is CC[C@H](C)[C@H](NC(=O)[C@H](CO)NC(=O)[C@H](C)NC(=O)CN)C(=O)N[C@@H](CCCN=C(N)N)C(=O)N[C@@H](C)C(=O)N[C@H](C(=O)O)[C@@H](C)O. The molecule has 6 amide bonds. The molecule has 8 atom stereocenters. The third-order valence-corrected chi connectivity index (χ3v) is 6.94. The van der Waals surface area contributed by atoms with Crippen molar-refractivity contribution >= 4 is 47.4 Å². The van der Waals surface area contributed by atoms with Crippen LogP contribution < -0.4 is 49.1 Å². The topological polar surface area (TPSA) is 343 Å². The fourth-order valence-electron chi connectivity index (χ4n) is 3.89. The zero-order valence-corrected chi connectivity index (χ0v) is 27.2. The first kappa shape index (κ1) is 42.4. The number of guanidine groups is 1. The molecule has 20 nitrogen and oxygen atoms in total. The highest BCUT2D eigenvalue weighted by atomic mass is 16.4. The minimum absolute atomic E-state index is 0.0307. The Morgan fingerprint density at radius 1 is 0.723 bits per heavy atom. The first-order chi connectivity index (χ1) is 21.9. The maximum absolute atomic E-state index is 13.5. The van der Waals surface area contributed by atoms with Gasteiger partial charge in [0.15, 0.2) is 12.0 Å². The van der Waals surface area contributed by atoms with E-state index in [0.717, 1.165) is 6.92 Å². The van der Waals surface area contributed by atoms with Gasteiger partial charge in [0.25, 0.3) is 0 Å². The number of aliphatic hydroxyl groups excluding tert-OH is 2. The summed E-state index contributed by atoms with van der Waals surface area (Å²) in [5, 5.41) is 42.7. The molecule has 0 aliphatic carbocycles. The molecular weight excluding hydrogens is 624 g/mol. The highest BCUT2D eigenvalue weighted by Gasteiger charge is 2.34. The predicted molar refractivity (Wildman–Crippen MR) is 168 cm³/mol. The number of rotatable bonds is 21. The molecule has 0 rings (SSSR count). The van der Waals surface area contributed by atoms with Crippen LogP contribution >= 0.6 is 0 Å². The largest absolute Gasteiger partial charge is 0.480 e. The molecule has 0 heterocycles.